The minimum atomic E-state index is -0.206. The Balaban J connectivity index is 1.92. The Morgan fingerprint density at radius 3 is 2.71 bits per heavy atom. The molecular weight excluding hydrogens is 304 g/mol. The van der Waals surface area contributed by atoms with Crippen LogP contribution in [0.1, 0.15) is 15.9 Å². The van der Waals surface area contributed by atoms with Crippen LogP contribution >= 0.6 is 0 Å². The van der Waals surface area contributed by atoms with Crippen LogP contribution in [0.4, 0.5) is 5.69 Å². The van der Waals surface area contributed by atoms with Crippen molar-refractivity contribution in [3.63, 3.8) is 0 Å². The predicted molar refractivity (Wildman–Crippen MR) is 94.0 cm³/mol. The fraction of sp³-hybridized carbons (Fsp3) is 0.211. The summed E-state index contributed by atoms with van der Waals surface area (Å²) in [6.45, 7) is 1.04. The first-order valence-electron chi connectivity index (χ1n) is 7.61. The molecule has 5 heteroatoms. The maximum atomic E-state index is 11.9. The van der Waals surface area contributed by atoms with Gasteiger partial charge in [0.05, 0.1) is 6.61 Å². The quantitative estimate of drug-likeness (QED) is 0.650. The van der Waals surface area contributed by atoms with Gasteiger partial charge in [-0.2, -0.15) is 0 Å². The summed E-state index contributed by atoms with van der Waals surface area (Å²) in [5, 5.41) is 14.6. The van der Waals surface area contributed by atoms with Gasteiger partial charge in [-0.25, -0.2) is 0 Å². The molecule has 2 aromatic carbocycles. The third kappa shape index (κ3) is 5.34. The number of carbonyl (C=O) groups excluding carboxylic acids is 1. The Kier molecular flexibility index (Phi) is 6.69. The van der Waals surface area contributed by atoms with E-state index in [-0.39, 0.29) is 25.7 Å². The van der Waals surface area contributed by atoms with Gasteiger partial charge >= 0.3 is 0 Å². The highest BCUT2D eigenvalue weighted by atomic mass is 16.5. The Bertz CT molecular complexity index is 705. The van der Waals surface area contributed by atoms with Crippen LogP contribution in [-0.2, 0) is 6.54 Å². The third-order valence-electron chi connectivity index (χ3n) is 3.26. The van der Waals surface area contributed by atoms with E-state index in [9.17, 15) is 4.79 Å². The normalized spacial score (nSPS) is 9.83. The van der Waals surface area contributed by atoms with E-state index in [0.29, 0.717) is 12.1 Å². The third-order valence-corrected chi connectivity index (χ3v) is 3.26. The summed E-state index contributed by atoms with van der Waals surface area (Å²) < 4.78 is 5.33. The van der Waals surface area contributed by atoms with Crippen molar-refractivity contribution in [1.29, 1.82) is 0 Å². The molecule has 0 atom stereocenters. The van der Waals surface area contributed by atoms with Crippen molar-refractivity contribution in [3.05, 3.63) is 59.7 Å². The molecule has 0 spiro atoms. The van der Waals surface area contributed by atoms with Gasteiger partial charge in [0.2, 0.25) is 0 Å². The zero-order valence-electron chi connectivity index (χ0n) is 13.3. The van der Waals surface area contributed by atoms with E-state index in [4.69, 9.17) is 16.3 Å². The van der Waals surface area contributed by atoms with Crippen molar-refractivity contribution in [2.75, 3.05) is 25.1 Å². The van der Waals surface area contributed by atoms with Gasteiger partial charge in [-0.3, -0.25) is 4.79 Å². The van der Waals surface area contributed by atoms with E-state index in [1.165, 1.54) is 0 Å². The number of aliphatic hydroxyl groups is 1. The molecule has 0 aliphatic rings. The fourth-order valence-corrected chi connectivity index (χ4v) is 2.07. The molecule has 0 saturated heterocycles. The van der Waals surface area contributed by atoms with Crippen LogP contribution in [0.25, 0.3) is 0 Å². The second-order valence-electron chi connectivity index (χ2n) is 5.05. The summed E-state index contributed by atoms with van der Waals surface area (Å²) in [4.78, 5) is 11.9. The number of carbonyl (C=O) groups is 1. The maximum absolute atomic E-state index is 11.9. The first-order chi connectivity index (χ1) is 11.7. The van der Waals surface area contributed by atoms with E-state index in [0.717, 1.165) is 17.0 Å². The van der Waals surface area contributed by atoms with Gasteiger partial charge in [0.1, 0.15) is 12.4 Å². The molecule has 124 valence electrons. The van der Waals surface area contributed by atoms with Crippen LogP contribution in [0, 0.1) is 12.3 Å². The standard InChI is InChI=1S/C19H20N2O3/c1-2-12-24-18-8-6-15(7-9-18)14-21-17-5-3-4-16(13-17)19(23)20-10-11-22/h1,3-9,13,21-22H,10-12,14H2,(H,20,23). The summed E-state index contributed by atoms with van der Waals surface area (Å²) in [6, 6.07) is 14.9. The number of rotatable bonds is 8. The van der Waals surface area contributed by atoms with Crippen LogP contribution in [0.5, 0.6) is 5.75 Å². The Hall–Kier alpha value is -2.97. The second kappa shape index (κ2) is 9.23. The summed E-state index contributed by atoms with van der Waals surface area (Å²) in [5.74, 6) is 2.95. The van der Waals surface area contributed by atoms with Gasteiger partial charge in [0.15, 0.2) is 0 Å². The smallest absolute Gasteiger partial charge is 0.251 e. The van der Waals surface area contributed by atoms with E-state index in [1.807, 2.05) is 36.4 Å². The number of ether oxygens (including phenoxy) is 1. The number of hydrogen-bond donors (Lipinski definition) is 3. The lowest BCUT2D eigenvalue weighted by Crippen LogP contribution is -2.26. The number of benzene rings is 2. The minimum Gasteiger partial charge on any atom is -0.481 e. The molecule has 1 amide bonds. The highest BCUT2D eigenvalue weighted by molar-refractivity contribution is 5.95. The average Bonchev–Trinajstić information content (AvgIpc) is 2.63. The fourth-order valence-electron chi connectivity index (χ4n) is 2.07. The molecule has 2 rings (SSSR count). The highest BCUT2D eigenvalue weighted by Crippen LogP contribution is 2.15. The van der Waals surface area contributed by atoms with Crippen molar-refractivity contribution >= 4 is 11.6 Å². The van der Waals surface area contributed by atoms with Gasteiger partial charge in [-0.1, -0.05) is 24.1 Å². The SMILES string of the molecule is C#CCOc1ccc(CNc2cccc(C(=O)NCCO)c2)cc1. The first-order valence-corrected chi connectivity index (χ1v) is 7.61. The van der Waals surface area contributed by atoms with Gasteiger partial charge < -0.3 is 20.5 Å². The number of anilines is 1. The van der Waals surface area contributed by atoms with Crippen molar-refractivity contribution in [2.24, 2.45) is 0 Å². The summed E-state index contributed by atoms with van der Waals surface area (Å²) in [7, 11) is 0. The zero-order valence-corrected chi connectivity index (χ0v) is 13.3. The second-order valence-corrected chi connectivity index (χ2v) is 5.05. The predicted octanol–water partition coefficient (Wildman–Crippen LogP) is 2.03. The monoisotopic (exact) mass is 324 g/mol. The molecule has 0 aliphatic heterocycles. The van der Waals surface area contributed by atoms with Crippen molar-refractivity contribution in [3.8, 4) is 18.1 Å². The van der Waals surface area contributed by atoms with Crippen LogP contribution in [0.3, 0.4) is 0 Å². The van der Waals surface area contributed by atoms with Crippen molar-refractivity contribution in [2.45, 2.75) is 6.54 Å². The lowest BCUT2D eigenvalue weighted by Gasteiger charge is -2.09. The Labute approximate surface area is 141 Å². The molecule has 0 saturated carbocycles. The van der Waals surface area contributed by atoms with Gasteiger partial charge in [-0.15, -0.1) is 6.42 Å². The summed E-state index contributed by atoms with van der Waals surface area (Å²) >= 11 is 0. The zero-order chi connectivity index (χ0) is 17.2. The van der Waals surface area contributed by atoms with E-state index in [2.05, 4.69) is 16.6 Å². The highest BCUT2D eigenvalue weighted by Gasteiger charge is 2.05. The van der Waals surface area contributed by atoms with Gasteiger partial charge in [0, 0.05) is 24.3 Å². The molecule has 0 heterocycles. The minimum absolute atomic E-state index is 0.0786. The molecule has 0 aromatic heterocycles. The first kappa shape index (κ1) is 17.4. The molecular formula is C19H20N2O3. The molecule has 5 nitrogen and oxygen atoms in total. The number of hydrogen-bond acceptors (Lipinski definition) is 4. The van der Waals surface area contributed by atoms with E-state index in [1.54, 1.807) is 12.1 Å². The number of nitrogens with one attached hydrogen (secondary N) is 2. The Morgan fingerprint density at radius 2 is 2.00 bits per heavy atom. The van der Waals surface area contributed by atoms with Gasteiger partial charge in [-0.05, 0) is 35.9 Å². The van der Waals surface area contributed by atoms with E-state index < -0.39 is 0 Å². The van der Waals surface area contributed by atoms with Crippen LogP contribution < -0.4 is 15.4 Å². The lowest BCUT2D eigenvalue weighted by atomic mass is 10.1. The molecule has 24 heavy (non-hydrogen) atoms. The maximum Gasteiger partial charge on any atom is 0.251 e. The molecule has 3 N–H and O–H groups in total. The number of terminal acetylenes is 1. The molecule has 0 unspecified atom stereocenters. The lowest BCUT2D eigenvalue weighted by molar-refractivity contribution is 0.0945. The molecule has 0 aliphatic carbocycles. The van der Waals surface area contributed by atoms with Crippen LogP contribution in [0.15, 0.2) is 48.5 Å². The van der Waals surface area contributed by atoms with Gasteiger partial charge in [0.25, 0.3) is 5.91 Å². The Morgan fingerprint density at radius 1 is 1.21 bits per heavy atom. The number of amides is 1. The molecule has 0 radical (unpaired) electrons. The van der Waals surface area contributed by atoms with Crippen LogP contribution in [-0.4, -0.2) is 30.8 Å². The largest absolute Gasteiger partial charge is 0.481 e. The van der Waals surface area contributed by atoms with E-state index >= 15 is 0 Å². The summed E-state index contributed by atoms with van der Waals surface area (Å²) in [6.07, 6.45) is 5.15. The van der Waals surface area contributed by atoms with Crippen molar-refractivity contribution in [1.82, 2.24) is 5.32 Å². The summed E-state index contributed by atoms with van der Waals surface area (Å²) in [5.41, 5.74) is 2.48. The average molecular weight is 324 g/mol. The van der Waals surface area contributed by atoms with Crippen molar-refractivity contribution < 1.29 is 14.6 Å². The topological polar surface area (TPSA) is 70.6 Å². The van der Waals surface area contributed by atoms with Crippen LogP contribution in [0.2, 0.25) is 0 Å². The molecule has 0 fully saturated rings. The molecule has 2 aromatic rings. The number of aliphatic hydroxyl groups excluding tert-OH is 1. The molecule has 0 bridgehead atoms.